The van der Waals surface area contributed by atoms with Crippen LogP contribution in [0.4, 0.5) is 0 Å². The van der Waals surface area contributed by atoms with E-state index in [1.807, 2.05) is 17.5 Å². The summed E-state index contributed by atoms with van der Waals surface area (Å²) >= 11 is 1.86. The Morgan fingerprint density at radius 3 is 3.14 bits per heavy atom. The first-order valence-electron chi connectivity index (χ1n) is 8.13. The molecule has 22 heavy (non-hydrogen) atoms. The monoisotopic (exact) mass is 319 g/mol. The number of aryl methyl sites for hydroxylation is 1. The van der Waals surface area contributed by atoms with E-state index < -0.39 is 0 Å². The van der Waals surface area contributed by atoms with E-state index in [2.05, 4.69) is 46.3 Å². The number of rotatable bonds is 7. The van der Waals surface area contributed by atoms with Gasteiger partial charge in [0.1, 0.15) is 5.76 Å². The van der Waals surface area contributed by atoms with Crippen LogP contribution in [-0.2, 0) is 19.4 Å². The van der Waals surface area contributed by atoms with Gasteiger partial charge in [-0.15, -0.1) is 11.3 Å². The molecule has 3 rings (SSSR count). The summed E-state index contributed by atoms with van der Waals surface area (Å²) < 4.78 is 5.72. The maximum atomic E-state index is 5.72. The highest BCUT2D eigenvalue weighted by atomic mass is 32.1. The molecule has 1 saturated heterocycles. The van der Waals surface area contributed by atoms with Crippen molar-refractivity contribution in [2.75, 3.05) is 26.7 Å². The van der Waals surface area contributed by atoms with Crippen molar-refractivity contribution in [1.29, 1.82) is 0 Å². The minimum atomic E-state index is 0.611. The van der Waals surface area contributed by atoms with Gasteiger partial charge in [0, 0.05) is 30.4 Å². The fraction of sp³-hybridized carbons (Fsp3) is 0.588. The lowest BCUT2D eigenvalue weighted by molar-refractivity contribution is 0.206. The number of oxazole rings is 1. The molecule has 4 nitrogen and oxygen atoms in total. The minimum absolute atomic E-state index is 0.611. The van der Waals surface area contributed by atoms with Crippen molar-refractivity contribution in [3.05, 3.63) is 40.2 Å². The molecule has 1 atom stereocenters. The van der Waals surface area contributed by atoms with Crippen molar-refractivity contribution in [3.63, 3.8) is 0 Å². The molecular weight excluding hydrogens is 294 g/mol. The number of thiophene rings is 1. The lowest BCUT2D eigenvalue weighted by atomic mass is 10.2. The van der Waals surface area contributed by atoms with E-state index in [4.69, 9.17) is 4.42 Å². The summed E-state index contributed by atoms with van der Waals surface area (Å²) in [6.45, 7) is 6.43. The zero-order valence-electron chi connectivity index (χ0n) is 13.5. The molecule has 2 aromatic rings. The van der Waals surface area contributed by atoms with Crippen molar-refractivity contribution < 1.29 is 4.42 Å². The van der Waals surface area contributed by atoms with Crippen LogP contribution in [-0.4, -0.2) is 47.5 Å². The zero-order valence-corrected chi connectivity index (χ0v) is 14.3. The van der Waals surface area contributed by atoms with Crippen LogP contribution in [0.5, 0.6) is 0 Å². The molecule has 0 radical (unpaired) electrons. The van der Waals surface area contributed by atoms with Gasteiger partial charge < -0.3 is 9.32 Å². The Labute approximate surface area is 136 Å². The topological polar surface area (TPSA) is 32.5 Å². The predicted molar refractivity (Wildman–Crippen MR) is 90.2 cm³/mol. The molecule has 0 aliphatic carbocycles. The Kier molecular flexibility index (Phi) is 5.28. The van der Waals surface area contributed by atoms with E-state index in [0.29, 0.717) is 6.04 Å². The van der Waals surface area contributed by atoms with Crippen LogP contribution in [0.1, 0.15) is 29.9 Å². The molecule has 0 N–H and O–H groups in total. The molecule has 0 bridgehead atoms. The van der Waals surface area contributed by atoms with Crippen molar-refractivity contribution >= 4 is 11.3 Å². The summed E-state index contributed by atoms with van der Waals surface area (Å²) in [5.41, 5.74) is 0. The van der Waals surface area contributed by atoms with Crippen LogP contribution in [0, 0.1) is 0 Å². The average Bonchev–Trinajstić information content (AvgIpc) is 3.26. The fourth-order valence-corrected chi connectivity index (χ4v) is 3.72. The Hall–Kier alpha value is -1.17. The van der Waals surface area contributed by atoms with E-state index in [9.17, 15) is 0 Å². The van der Waals surface area contributed by atoms with Crippen LogP contribution in [0.3, 0.4) is 0 Å². The van der Waals surface area contributed by atoms with Gasteiger partial charge in [0.25, 0.3) is 0 Å². The Morgan fingerprint density at radius 2 is 2.41 bits per heavy atom. The molecule has 2 aromatic heterocycles. The summed E-state index contributed by atoms with van der Waals surface area (Å²) in [4.78, 5) is 10.8. The number of aromatic nitrogens is 1. The van der Waals surface area contributed by atoms with Crippen molar-refractivity contribution in [1.82, 2.24) is 14.8 Å². The smallest absolute Gasteiger partial charge is 0.208 e. The van der Waals surface area contributed by atoms with E-state index in [0.717, 1.165) is 31.2 Å². The highest BCUT2D eigenvalue weighted by molar-refractivity contribution is 7.09. The molecule has 3 heterocycles. The van der Waals surface area contributed by atoms with Gasteiger partial charge in [-0.3, -0.25) is 4.90 Å². The summed E-state index contributed by atoms with van der Waals surface area (Å²) in [5, 5.41) is 2.16. The fourth-order valence-electron chi connectivity index (χ4n) is 3.03. The van der Waals surface area contributed by atoms with E-state index in [1.165, 1.54) is 30.8 Å². The van der Waals surface area contributed by atoms with Crippen molar-refractivity contribution in [2.45, 2.75) is 38.8 Å². The van der Waals surface area contributed by atoms with Gasteiger partial charge in [-0.2, -0.15) is 0 Å². The van der Waals surface area contributed by atoms with Crippen LogP contribution in [0.2, 0.25) is 0 Å². The Morgan fingerprint density at radius 1 is 1.50 bits per heavy atom. The van der Waals surface area contributed by atoms with Crippen LogP contribution < -0.4 is 0 Å². The molecule has 1 aliphatic heterocycles. The molecule has 0 saturated carbocycles. The SMILES string of the molecule is CCc1cnc(CN(C)[C@H]2CCN(CCc3cccs3)C2)o1. The van der Waals surface area contributed by atoms with Gasteiger partial charge in [0.2, 0.25) is 5.89 Å². The first kappa shape index (κ1) is 15.7. The lowest BCUT2D eigenvalue weighted by Gasteiger charge is -2.23. The van der Waals surface area contributed by atoms with Gasteiger partial charge >= 0.3 is 0 Å². The first-order chi connectivity index (χ1) is 10.7. The van der Waals surface area contributed by atoms with E-state index in [-0.39, 0.29) is 0 Å². The van der Waals surface area contributed by atoms with E-state index in [1.54, 1.807) is 0 Å². The third-order valence-electron chi connectivity index (χ3n) is 4.46. The number of hydrogen-bond acceptors (Lipinski definition) is 5. The second kappa shape index (κ2) is 7.40. The molecule has 1 aliphatic rings. The third kappa shape index (κ3) is 3.97. The largest absolute Gasteiger partial charge is 0.444 e. The molecule has 5 heteroatoms. The first-order valence-corrected chi connectivity index (χ1v) is 9.01. The quantitative estimate of drug-likeness (QED) is 0.785. The Bertz CT molecular complexity index is 566. The van der Waals surface area contributed by atoms with Gasteiger partial charge in [-0.05, 0) is 37.9 Å². The molecule has 120 valence electrons. The molecule has 0 spiro atoms. The van der Waals surface area contributed by atoms with E-state index >= 15 is 0 Å². The second-order valence-corrected chi connectivity index (χ2v) is 7.09. The maximum absolute atomic E-state index is 5.72. The third-order valence-corrected chi connectivity index (χ3v) is 5.40. The van der Waals surface area contributed by atoms with Gasteiger partial charge in [0.05, 0.1) is 12.7 Å². The molecule has 0 unspecified atom stereocenters. The zero-order chi connectivity index (χ0) is 15.4. The Balaban J connectivity index is 1.45. The number of likely N-dealkylation sites (N-methyl/N-ethyl adjacent to an activating group) is 1. The summed E-state index contributed by atoms with van der Waals surface area (Å²) in [6, 6.07) is 4.99. The van der Waals surface area contributed by atoms with Crippen LogP contribution in [0.25, 0.3) is 0 Å². The summed E-state index contributed by atoms with van der Waals surface area (Å²) in [5.74, 6) is 1.82. The van der Waals surface area contributed by atoms with Crippen molar-refractivity contribution in [3.8, 4) is 0 Å². The maximum Gasteiger partial charge on any atom is 0.208 e. The molecular formula is C17H25N3OS. The standard InChI is InChI=1S/C17H25N3OS/c1-3-15-11-18-17(21-15)13-19(2)14-6-8-20(12-14)9-7-16-5-4-10-22-16/h4-5,10-11,14H,3,6-9,12-13H2,1-2H3/t14-/m0/s1. The van der Waals surface area contributed by atoms with Crippen LogP contribution in [0.15, 0.2) is 28.1 Å². The average molecular weight is 319 g/mol. The summed E-state index contributed by atoms with van der Waals surface area (Å²) in [7, 11) is 2.18. The predicted octanol–water partition coefficient (Wildman–Crippen LogP) is 3.05. The van der Waals surface area contributed by atoms with Gasteiger partial charge in [0.15, 0.2) is 0 Å². The number of hydrogen-bond donors (Lipinski definition) is 0. The molecule has 0 amide bonds. The number of likely N-dealkylation sites (tertiary alicyclic amines) is 1. The van der Waals surface area contributed by atoms with Gasteiger partial charge in [-0.25, -0.2) is 4.98 Å². The molecule has 1 fully saturated rings. The number of nitrogens with zero attached hydrogens (tertiary/aromatic N) is 3. The second-order valence-electron chi connectivity index (χ2n) is 6.06. The normalized spacial score (nSPS) is 19.3. The van der Waals surface area contributed by atoms with Gasteiger partial charge in [-0.1, -0.05) is 13.0 Å². The van der Waals surface area contributed by atoms with Crippen LogP contribution >= 0.6 is 11.3 Å². The van der Waals surface area contributed by atoms with Crippen molar-refractivity contribution in [2.24, 2.45) is 0 Å². The summed E-state index contributed by atoms with van der Waals surface area (Å²) in [6.07, 6.45) is 5.18. The lowest BCUT2D eigenvalue weighted by Crippen LogP contribution is -2.34. The minimum Gasteiger partial charge on any atom is -0.444 e. The molecule has 0 aromatic carbocycles. The highest BCUT2D eigenvalue weighted by Crippen LogP contribution is 2.18. The highest BCUT2D eigenvalue weighted by Gasteiger charge is 2.26.